The molecule has 2 fully saturated rings. The highest BCUT2D eigenvalue weighted by atomic mass is 16.5. The summed E-state index contributed by atoms with van der Waals surface area (Å²) in [6.07, 6.45) is 6.87. The minimum Gasteiger partial charge on any atom is -0.394 e. The summed E-state index contributed by atoms with van der Waals surface area (Å²) < 4.78 is 6.70. The quantitative estimate of drug-likeness (QED) is 0.588. The van der Waals surface area contributed by atoms with Gasteiger partial charge in [-0.3, -0.25) is 14.4 Å². The molecule has 4 heterocycles. The van der Waals surface area contributed by atoms with Crippen LogP contribution in [-0.4, -0.2) is 76.1 Å². The lowest BCUT2D eigenvalue weighted by Gasteiger charge is -2.37. The number of carbonyl (C=O) groups excluding carboxylic acids is 3. The molecule has 6 atom stereocenters. The Hall–Kier alpha value is -3.75. The Morgan fingerprint density at radius 1 is 1.00 bits per heavy atom. The van der Waals surface area contributed by atoms with Crippen molar-refractivity contribution in [2.45, 2.75) is 51.1 Å². The molecule has 0 radical (unpaired) electrons. The van der Waals surface area contributed by atoms with Gasteiger partial charge in [0.05, 0.1) is 30.6 Å². The van der Waals surface area contributed by atoms with Crippen LogP contribution in [0.3, 0.4) is 0 Å². The summed E-state index contributed by atoms with van der Waals surface area (Å²) in [5, 5.41) is 10.2. The third-order valence-corrected chi connectivity index (χ3v) is 8.79. The first-order valence-corrected chi connectivity index (χ1v) is 13.9. The maximum absolute atomic E-state index is 14.5. The van der Waals surface area contributed by atoms with Crippen molar-refractivity contribution >= 4 is 23.4 Å². The van der Waals surface area contributed by atoms with Crippen molar-refractivity contribution in [3.05, 3.63) is 89.5 Å². The Kier molecular flexibility index (Phi) is 6.63. The molecule has 4 aliphatic heterocycles. The number of aliphatic hydroxyl groups is 1. The van der Waals surface area contributed by atoms with Crippen LogP contribution in [0.1, 0.15) is 23.6 Å². The minimum atomic E-state index is -1.32. The number of fused-ring (bicyclic) bond motifs is 2. The topological polar surface area (TPSA) is 90.4 Å². The summed E-state index contributed by atoms with van der Waals surface area (Å²) in [7, 11) is 0. The molecule has 40 heavy (non-hydrogen) atoms. The zero-order valence-electron chi connectivity index (χ0n) is 23.1. The van der Waals surface area contributed by atoms with Crippen LogP contribution < -0.4 is 4.90 Å². The second-order valence-electron chi connectivity index (χ2n) is 11.4. The molecule has 1 N–H and O–H groups in total. The molecule has 0 bridgehead atoms. The number of anilines is 1. The molecule has 4 aliphatic rings. The predicted molar refractivity (Wildman–Crippen MR) is 150 cm³/mol. The second-order valence-corrected chi connectivity index (χ2v) is 11.4. The van der Waals surface area contributed by atoms with Crippen molar-refractivity contribution in [3.63, 3.8) is 0 Å². The standard InChI is InChI=1S/C32H35N3O5/c1-20-12-13-21(2)24(17-20)34-16-8-14-32-27(30(38)35(22(3)19-36)28(32)31(34)39)26-25(40-32)11-7-15-33(29(26)37)18-23-9-5-4-6-10-23/h4-14,17,22,25-28,36H,15-16,18-19H2,1-3H3/t22-,25-,26+,27+,28?,32+/m1/s1. The highest BCUT2D eigenvalue weighted by molar-refractivity contribution is 6.06. The van der Waals surface area contributed by atoms with Crippen LogP contribution in [0.5, 0.6) is 0 Å². The van der Waals surface area contributed by atoms with E-state index in [0.29, 0.717) is 19.6 Å². The molecule has 208 valence electrons. The minimum absolute atomic E-state index is 0.164. The van der Waals surface area contributed by atoms with Gasteiger partial charge in [0.25, 0.3) is 5.91 Å². The molecule has 2 aromatic carbocycles. The normalized spacial score (nSPS) is 30.2. The number of ether oxygens (including phenoxy) is 1. The number of rotatable bonds is 5. The van der Waals surface area contributed by atoms with Gasteiger partial charge >= 0.3 is 0 Å². The van der Waals surface area contributed by atoms with Gasteiger partial charge in [0.2, 0.25) is 11.8 Å². The molecule has 1 spiro atoms. The summed E-state index contributed by atoms with van der Waals surface area (Å²) in [5.41, 5.74) is 2.41. The molecule has 0 aliphatic carbocycles. The number of hydrogen-bond donors (Lipinski definition) is 1. The summed E-state index contributed by atoms with van der Waals surface area (Å²) in [4.78, 5) is 47.8. The fourth-order valence-electron chi connectivity index (χ4n) is 6.86. The number of aliphatic hydroxyl groups excluding tert-OH is 1. The fourth-order valence-corrected chi connectivity index (χ4v) is 6.86. The average Bonchev–Trinajstić information content (AvgIpc) is 3.28. The molecule has 3 amide bonds. The van der Waals surface area contributed by atoms with Crippen molar-refractivity contribution in [1.82, 2.24) is 9.80 Å². The first kappa shape index (κ1) is 26.5. The van der Waals surface area contributed by atoms with E-state index in [0.717, 1.165) is 22.4 Å². The van der Waals surface area contributed by atoms with Gasteiger partial charge < -0.3 is 24.5 Å². The number of amides is 3. The molecule has 0 aromatic heterocycles. The number of nitrogens with zero attached hydrogens (tertiary/aromatic N) is 3. The van der Waals surface area contributed by atoms with E-state index in [1.165, 1.54) is 4.90 Å². The van der Waals surface area contributed by atoms with E-state index in [-0.39, 0.29) is 24.3 Å². The lowest BCUT2D eigenvalue weighted by molar-refractivity contribution is -0.146. The van der Waals surface area contributed by atoms with Crippen LogP contribution in [0.15, 0.2) is 72.8 Å². The average molecular weight is 542 g/mol. The molecule has 2 saturated heterocycles. The van der Waals surface area contributed by atoms with E-state index >= 15 is 0 Å². The van der Waals surface area contributed by atoms with Crippen molar-refractivity contribution < 1.29 is 24.2 Å². The maximum Gasteiger partial charge on any atom is 0.253 e. The lowest BCUT2D eigenvalue weighted by Crippen LogP contribution is -2.57. The van der Waals surface area contributed by atoms with Gasteiger partial charge in [-0.1, -0.05) is 66.8 Å². The van der Waals surface area contributed by atoms with Crippen LogP contribution >= 0.6 is 0 Å². The van der Waals surface area contributed by atoms with Crippen LogP contribution in [0, 0.1) is 25.7 Å². The molecular formula is C32H35N3O5. The van der Waals surface area contributed by atoms with Crippen molar-refractivity contribution in [1.29, 1.82) is 0 Å². The third-order valence-electron chi connectivity index (χ3n) is 8.79. The monoisotopic (exact) mass is 541 g/mol. The van der Waals surface area contributed by atoms with Crippen molar-refractivity contribution in [3.8, 4) is 0 Å². The number of likely N-dealkylation sites (tertiary alicyclic amines) is 1. The first-order valence-electron chi connectivity index (χ1n) is 13.9. The molecule has 8 nitrogen and oxygen atoms in total. The van der Waals surface area contributed by atoms with Crippen LogP contribution in [-0.2, 0) is 25.7 Å². The van der Waals surface area contributed by atoms with Gasteiger partial charge in [-0.25, -0.2) is 0 Å². The SMILES string of the molecule is Cc1ccc(C)c(N2CC=C[C@]34O[C@@H]5C=CCN(Cc6ccccc6)C(=O)[C@@H]5[C@H]3C(=O)N([C@H](C)CO)C4C2=O)c1. The first-order chi connectivity index (χ1) is 19.3. The van der Waals surface area contributed by atoms with E-state index in [1.807, 2.05) is 86.7 Å². The van der Waals surface area contributed by atoms with Gasteiger partial charge in [0, 0.05) is 25.3 Å². The van der Waals surface area contributed by atoms with Crippen molar-refractivity contribution in [2.24, 2.45) is 11.8 Å². The van der Waals surface area contributed by atoms with Gasteiger partial charge in [-0.05, 0) is 43.5 Å². The van der Waals surface area contributed by atoms with Gasteiger partial charge in [0.15, 0.2) is 0 Å². The summed E-state index contributed by atoms with van der Waals surface area (Å²) in [6, 6.07) is 14.1. The maximum atomic E-state index is 14.5. The van der Waals surface area contributed by atoms with E-state index in [9.17, 15) is 19.5 Å². The van der Waals surface area contributed by atoms with Crippen LogP contribution in [0.25, 0.3) is 0 Å². The molecule has 1 unspecified atom stereocenters. The Bertz CT molecular complexity index is 1400. The highest BCUT2D eigenvalue weighted by Gasteiger charge is 2.72. The van der Waals surface area contributed by atoms with Gasteiger partial charge in [-0.15, -0.1) is 0 Å². The second kappa shape index (κ2) is 10.0. The molecule has 6 rings (SSSR count). The molecule has 2 aromatic rings. The van der Waals surface area contributed by atoms with E-state index in [2.05, 4.69) is 0 Å². The van der Waals surface area contributed by atoms with E-state index in [4.69, 9.17) is 4.74 Å². The van der Waals surface area contributed by atoms with Crippen molar-refractivity contribution in [2.75, 3.05) is 24.6 Å². The van der Waals surface area contributed by atoms with Gasteiger partial charge in [0.1, 0.15) is 11.6 Å². The van der Waals surface area contributed by atoms with Crippen LogP contribution in [0.4, 0.5) is 5.69 Å². The summed E-state index contributed by atoms with van der Waals surface area (Å²) >= 11 is 0. The smallest absolute Gasteiger partial charge is 0.253 e. The molecule has 8 heteroatoms. The Morgan fingerprint density at radius 2 is 1.77 bits per heavy atom. The number of hydrogen-bond acceptors (Lipinski definition) is 5. The predicted octanol–water partition coefficient (Wildman–Crippen LogP) is 2.77. The Labute approximate surface area is 234 Å². The number of benzene rings is 2. The summed E-state index contributed by atoms with van der Waals surface area (Å²) in [5.74, 6) is -2.43. The van der Waals surface area contributed by atoms with E-state index in [1.54, 1.807) is 16.7 Å². The number of carbonyl (C=O) groups is 3. The summed E-state index contributed by atoms with van der Waals surface area (Å²) in [6.45, 7) is 6.48. The highest BCUT2D eigenvalue weighted by Crippen LogP contribution is 2.54. The number of aryl methyl sites for hydroxylation is 2. The Morgan fingerprint density at radius 3 is 2.52 bits per heavy atom. The van der Waals surface area contributed by atoms with Crippen LogP contribution in [0.2, 0.25) is 0 Å². The Balaban J connectivity index is 1.43. The fraction of sp³-hybridized carbons (Fsp3) is 0.406. The molecule has 0 saturated carbocycles. The zero-order valence-corrected chi connectivity index (χ0v) is 23.1. The van der Waals surface area contributed by atoms with Gasteiger partial charge in [-0.2, -0.15) is 0 Å². The lowest BCUT2D eigenvalue weighted by atomic mass is 9.77. The van der Waals surface area contributed by atoms with E-state index < -0.39 is 35.6 Å². The molecular weight excluding hydrogens is 506 g/mol. The zero-order chi connectivity index (χ0) is 28.2. The largest absolute Gasteiger partial charge is 0.394 e. The third kappa shape index (κ3) is 4.00.